The van der Waals surface area contributed by atoms with Crippen LogP contribution in [0.5, 0.6) is 0 Å². The first-order valence-electron chi connectivity index (χ1n) is 7.07. The average Bonchev–Trinajstić information content (AvgIpc) is 2.85. The van der Waals surface area contributed by atoms with Crippen LogP contribution in [0.4, 0.5) is 11.6 Å². The molecule has 2 aromatic heterocycles. The van der Waals surface area contributed by atoms with Crippen molar-refractivity contribution in [2.24, 2.45) is 11.8 Å². The molecule has 2 atom stereocenters. The lowest BCUT2D eigenvalue weighted by molar-refractivity contribution is 0.268. The van der Waals surface area contributed by atoms with Gasteiger partial charge < -0.3 is 15.5 Å². The standard InChI is InChI=1S/C14H21N5/c1-10-4-2-3-5-11(10)8-17-13-14-16-6-7-19(14)9-12(15)18-13/h6-7,9-11H,2-5,8,15H2,1H3,(H,17,18). The van der Waals surface area contributed by atoms with Crippen LogP contribution < -0.4 is 11.1 Å². The Morgan fingerprint density at radius 1 is 1.42 bits per heavy atom. The summed E-state index contributed by atoms with van der Waals surface area (Å²) >= 11 is 0. The number of nitrogen functional groups attached to an aromatic ring is 1. The summed E-state index contributed by atoms with van der Waals surface area (Å²) in [5.74, 6) is 2.83. The van der Waals surface area contributed by atoms with Crippen LogP contribution in [0.25, 0.3) is 5.65 Å². The van der Waals surface area contributed by atoms with Crippen molar-refractivity contribution in [1.82, 2.24) is 14.4 Å². The number of imidazole rings is 1. The maximum atomic E-state index is 5.82. The summed E-state index contributed by atoms with van der Waals surface area (Å²) in [5.41, 5.74) is 6.67. The van der Waals surface area contributed by atoms with Gasteiger partial charge in [0, 0.05) is 18.9 Å². The van der Waals surface area contributed by atoms with Gasteiger partial charge in [-0.1, -0.05) is 26.2 Å². The van der Waals surface area contributed by atoms with Crippen LogP contribution in [0.2, 0.25) is 0 Å². The Balaban J connectivity index is 1.75. The highest BCUT2D eigenvalue weighted by atomic mass is 15.1. The van der Waals surface area contributed by atoms with Gasteiger partial charge in [-0.15, -0.1) is 0 Å². The van der Waals surface area contributed by atoms with Crippen LogP contribution in [-0.2, 0) is 0 Å². The average molecular weight is 259 g/mol. The van der Waals surface area contributed by atoms with Gasteiger partial charge in [0.15, 0.2) is 11.5 Å². The zero-order valence-electron chi connectivity index (χ0n) is 11.3. The molecule has 3 rings (SSSR count). The van der Waals surface area contributed by atoms with Crippen molar-refractivity contribution in [3.63, 3.8) is 0 Å². The fraction of sp³-hybridized carbons (Fsp3) is 0.571. The quantitative estimate of drug-likeness (QED) is 0.889. The molecule has 0 spiro atoms. The molecular formula is C14H21N5. The smallest absolute Gasteiger partial charge is 0.180 e. The summed E-state index contributed by atoms with van der Waals surface area (Å²) in [6, 6.07) is 0. The summed E-state index contributed by atoms with van der Waals surface area (Å²) in [6.07, 6.45) is 10.8. The van der Waals surface area contributed by atoms with E-state index in [2.05, 4.69) is 22.2 Å². The van der Waals surface area contributed by atoms with E-state index >= 15 is 0 Å². The number of fused-ring (bicyclic) bond motifs is 1. The third-order valence-corrected chi connectivity index (χ3v) is 4.21. The first-order chi connectivity index (χ1) is 9.24. The van der Waals surface area contributed by atoms with Crippen molar-refractivity contribution in [1.29, 1.82) is 0 Å². The van der Waals surface area contributed by atoms with Crippen molar-refractivity contribution < 1.29 is 0 Å². The lowest BCUT2D eigenvalue weighted by atomic mass is 9.80. The molecule has 0 amide bonds. The summed E-state index contributed by atoms with van der Waals surface area (Å²) in [7, 11) is 0. The fourth-order valence-electron chi connectivity index (χ4n) is 2.99. The van der Waals surface area contributed by atoms with Crippen molar-refractivity contribution in [2.45, 2.75) is 32.6 Å². The monoisotopic (exact) mass is 259 g/mol. The summed E-state index contributed by atoms with van der Waals surface area (Å²) < 4.78 is 1.91. The van der Waals surface area contributed by atoms with Gasteiger partial charge >= 0.3 is 0 Å². The Bertz CT molecular complexity index is 562. The maximum absolute atomic E-state index is 5.82. The molecule has 102 valence electrons. The molecule has 2 unspecified atom stereocenters. The topological polar surface area (TPSA) is 68.2 Å². The van der Waals surface area contributed by atoms with Gasteiger partial charge in [0.1, 0.15) is 5.82 Å². The van der Waals surface area contributed by atoms with Crippen LogP contribution in [0.15, 0.2) is 18.6 Å². The number of nitrogens with zero attached hydrogens (tertiary/aromatic N) is 3. The number of nitrogens with two attached hydrogens (primary N) is 1. The molecule has 5 heteroatoms. The molecule has 5 nitrogen and oxygen atoms in total. The van der Waals surface area contributed by atoms with E-state index in [1.54, 1.807) is 12.4 Å². The van der Waals surface area contributed by atoms with Crippen LogP contribution >= 0.6 is 0 Å². The third-order valence-electron chi connectivity index (χ3n) is 4.21. The lowest BCUT2D eigenvalue weighted by Gasteiger charge is -2.29. The summed E-state index contributed by atoms with van der Waals surface area (Å²) in [4.78, 5) is 8.69. The van der Waals surface area contributed by atoms with Crippen LogP contribution in [0.1, 0.15) is 32.6 Å². The third kappa shape index (κ3) is 2.50. The van der Waals surface area contributed by atoms with Gasteiger partial charge in [-0.2, -0.15) is 0 Å². The van der Waals surface area contributed by atoms with Crippen molar-refractivity contribution >= 4 is 17.3 Å². The van der Waals surface area contributed by atoms with E-state index in [4.69, 9.17) is 5.73 Å². The highest BCUT2D eigenvalue weighted by Gasteiger charge is 2.21. The SMILES string of the molecule is CC1CCCCC1CNc1nc(N)cn2ccnc12. The molecule has 1 saturated carbocycles. The Morgan fingerprint density at radius 3 is 3.11 bits per heavy atom. The largest absolute Gasteiger partial charge is 0.382 e. The zero-order valence-corrected chi connectivity index (χ0v) is 11.3. The minimum absolute atomic E-state index is 0.518. The summed E-state index contributed by atoms with van der Waals surface area (Å²) in [6.45, 7) is 3.31. The van der Waals surface area contributed by atoms with Gasteiger partial charge in [0.25, 0.3) is 0 Å². The van der Waals surface area contributed by atoms with Crippen LogP contribution in [-0.4, -0.2) is 20.9 Å². The van der Waals surface area contributed by atoms with E-state index in [-0.39, 0.29) is 0 Å². The molecule has 3 N–H and O–H groups in total. The van der Waals surface area contributed by atoms with Crippen molar-refractivity contribution in [3.05, 3.63) is 18.6 Å². The Hall–Kier alpha value is -1.78. The second-order valence-corrected chi connectivity index (χ2v) is 5.58. The van der Waals surface area contributed by atoms with Crippen molar-refractivity contribution in [3.8, 4) is 0 Å². The zero-order chi connectivity index (χ0) is 13.2. The molecule has 2 heterocycles. The normalized spacial score (nSPS) is 23.6. The predicted molar refractivity (Wildman–Crippen MR) is 77.0 cm³/mol. The molecule has 0 saturated heterocycles. The van der Waals surface area contributed by atoms with E-state index in [9.17, 15) is 0 Å². The highest BCUT2D eigenvalue weighted by Crippen LogP contribution is 2.29. The van der Waals surface area contributed by atoms with E-state index in [0.717, 1.165) is 29.8 Å². The number of aromatic nitrogens is 3. The molecule has 1 aliphatic carbocycles. The Labute approximate surface area is 113 Å². The van der Waals surface area contributed by atoms with E-state index < -0.39 is 0 Å². The van der Waals surface area contributed by atoms with Crippen LogP contribution in [0, 0.1) is 11.8 Å². The molecule has 2 aromatic rings. The van der Waals surface area contributed by atoms with Gasteiger partial charge in [0.2, 0.25) is 0 Å². The summed E-state index contributed by atoms with van der Waals surface area (Å²) in [5, 5.41) is 3.44. The number of anilines is 2. The van der Waals surface area contributed by atoms with Crippen molar-refractivity contribution in [2.75, 3.05) is 17.6 Å². The molecule has 0 aliphatic heterocycles. The van der Waals surface area contributed by atoms with E-state index in [0.29, 0.717) is 5.82 Å². The molecule has 1 aliphatic rings. The van der Waals surface area contributed by atoms with E-state index in [1.165, 1.54) is 25.7 Å². The van der Waals surface area contributed by atoms with Crippen LogP contribution in [0.3, 0.4) is 0 Å². The minimum atomic E-state index is 0.518. The molecule has 0 radical (unpaired) electrons. The highest BCUT2D eigenvalue weighted by molar-refractivity contribution is 5.64. The molecule has 0 bridgehead atoms. The fourth-order valence-corrected chi connectivity index (χ4v) is 2.99. The van der Waals surface area contributed by atoms with Gasteiger partial charge in [0.05, 0.1) is 6.20 Å². The predicted octanol–water partition coefficient (Wildman–Crippen LogP) is 2.55. The first-order valence-corrected chi connectivity index (χ1v) is 7.07. The molecule has 0 aromatic carbocycles. The minimum Gasteiger partial charge on any atom is -0.382 e. The van der Waals surface area contributed by atoms with Gasteiger partial charge in [-0.25, -0.2) is 9.97 Å². The molecule has 1 fully saturated rings. The second-order valence-electron chi connectivity index (χ2n) is 5.58. The van der Waals surface area contributed by atoms with Gasteiger partial charge in [-0.05, 0) is 18.3 Å². The lowest BCUT2D eigenvalue weighted by Crippen LogP contribution is -2.25. The van der Waals surface area contributed by atoms with E-state index in [1.807, 2.05) is 10.6 Å². The number of hydrogen-bond acceptors (Lipinski definition) is 4. The first kappa shape index (κ1) is 12.3. The second kappa shape index (κ2) is 5.07. The van der Waals surface area contributed by atoms with Gasteiger partial charge in [-0.3, -0.25) is 0 Å². The Morgan fingerprint density at radius 2 is 2.26 bits per heavy atom. The number of nitrogens with one attached hydrogen (secondary N) is 1. The molecule has 19 heavy (non-hydrogen) atoms. The molecular weight excluding hydrogens is 238 g/mol. The number of rotatable bonds is 3. The maximum Gasteiger partial charge on any atom is 0.180 e. The number of hydrogen-bond donors (Lipinski definition) is 2. The Kier molecular flexibility index (Phi) is 3.27.